The minimum Gasteiger partial charge on any atom is -0.267 e. The average Bonchev–Trinajstić information content (AvgIpc) is 2.49. The van der Waals surface area contributed by atoms with E-state index in [1.165, 1.54) is 22.9 Å². The number of benzene rings is 1. The highest BCUT2D eigenvalue weighted by molar-refractivity contribution is 5.62. The molecule has 0 atom stereocenters. The van der Waals surface area contributed by atoms with Crippen LogP contribution in [-0.2, 0) is 13.0 Å². The fraction of sp³-hybridized carbons (Fsp3) is 0.214. The van der Waals surface area contributed by atoms with Crippen LogP contribution in [0.5, 0.6) is 0 Å². The number of rotatable bonds is 4. The maximum Gasteiger partial charge on any atom is 0.271 e. The molecule has 0 bridgehead atoms. The Balaban J connectivity index is 2.61. The molecule has 0 amide bonds. The molecule has 1 heterocycles. The summed E-state index contributed by atoms with van der Waals surface area (Å²) in [6.45, 7) is 2.13. The van der Waals surface area contributed by atoms with Crippen molar-refractivity contribution in [1.82, 2.24) is 9.78 Å². The van der Waals surface area contributed by atoms with E-state index in [0.717, 1.165) is 0 Å². The van der Waals surface area contributed by atoms with Gasteiger partial charge in [-0.2, -0.15) is 10.4 Å². The van der Waals surface area contributed by atoms with Crippen LogP contribution >= 0.6 is 0 Å². The maximum absolute atomic E-state index is 12.0. The van der Waals surface area contributed by atoms with Gasteiger partial charge >= 0.3 is 0 Å². The Morgan fingerprint density at radius 1 is 1.43 bits per heavy atom. The molecule has 0 saturated carbocycles. The summed E-state index contributed by atoms with van der Waals surface area (Å²) in [5, 5.41) is 23.8. The van der Waals surface area contributed by atoms with Crippen LogP contribution in [0.3, 0.4) is 0 Å². The molecule has 2 aromatic rings. The molecule has 7 heteroatoms. The highest BCUT2D eigenvalue weighted by Crippen LogP contribution is 2.22. The van der Waals surface area contributed by atoms with Crippen molar-refractivity contribution in [3.05, 3.63) is 56.4 Å². The summed E-state index contributed by atoms with van der Waals surface area (Å²) in [6.07, 6.45) is -0.0245. The van der Waals surface area contributed by atoms with Crippen LogP contribution in [0.4, 0.5) is 5.69 Å². The molecule has 0 aliphatic carbocycles. The first-order valence-electron chi connectivity index (χ1n) is 6.29. The number of hydrogen-bond acceptors (Lipinski definition) is 5. The molecule has 0 unspecified atom stereocenters. The van der Waals surface area contributed by atoms with Crippen molar-refractivity contribution in [2.24, 2.45) is 0 Å². The summed E-state index contributed by atoms with van der Waals surface area (Å²) in [5.74, 6) is 0. The topological polar surface area (TPSA) is 102 Å². The zero-order chi connectivity index (χ0) is 15.4. The third-order valence-electron chi connectivity index (χ3n) is 2.97. The first kappa shape index (κ1) is 14.4. The van der Waals surface area contributed by atoms with Gasteiger partial charge in [-0.05, 0) is 13.0 Å². The largest absolute Gasteiger partial charge is 0.271 e. The molecule has 0 saturated heterocycles. The van der Waals surface area contributed by atoms with E-state index in [2.05, 4.69) is 5.10 Å². The second kappa shape index (κ2) is 5.96. The fourth-order valence-corrected chi connectivity index (χ4v) is 1.94. The summed E-state index contributed by atoms with van der Waals surface area (Å²) >= 11 is 0. The van der Waals surface area contributed by atoms with Crippen molar-refractivity contribution in [2.75, 3.05) is 0 Å². The summed E-state index contributed by atoms with van der Waals surface area (Å²) in [4.78, 5) is 22.3. The van der Waals surface area contributed by atoms with Crippen molar-refractivity contribution < 1.29 is 4.92 Å². The summed E-state index contributed by atoms with van der Waals surface area (Å²) in [6, 6.07) is 9.45. The van der Waals surface area contributed by atoms with Crippen molar-refractivity contribution in [1.29, 1.82) is 5.26 Å². The first-order chi connectivity index (χ1) is 10.1. The van der Waals surface area contributed by atoms with Gasteiger partial charge in [-0.1, -0.05) is 12.1 Å². The molecule has 7 nitrogen and oxygen atoms in total. The number of nitriles is 1. The van der Waals surface area contributed by atoms with Crippen LogP contribution in [0.25, 0.3) is 11.3 Å². The van der Waals surface area contributed by atoms with E-state index in [9.17, 15) is 14.9 Å². The lowest BCUT2D eigenvalue weighted by Gasteiger charge is -2.07. The average molecular weight is 284 g/mol. The number of nitro groups is 1. The van der Waals surface area contributed by atoms with Gasteiger partial charge in [0.25, 0.3) is 11.2 Å². The molecular weight excluding hydrogens is 272 g/mol. The Kier molecular flexibility index (Phi) is 4.09. The third kappa shape index (κ3) is 2.95. The molecule has 2 rings (SSSR count). The van der Waals surface area contributed by atoms with E-state index in [4.69, 9.17) is 5.26 Å². The molecule has 21 heavy (non-hydrogen) atoms. The molecule has 1 aromatic heterocycles. The van der Waals surface area contributed by atoms with Crippen LogP contribution in [0, 0.1) is 21.4 Å². The van der Waals surface area contributed by atoms with Gasteiger partial charge in [0.15, 0.2) is 0 Å². The molecule has 0 aliphatic rings. The highest BCUT2D eigenvalue weighted by atomic mass is 16.6. The Hall–Kier alpha value is -3.01. The van der Waals surface area contributed by atoms with Crippen LogP contribution in [0.15, 0.2) is 35.1 Å². The predicted octanol–water partition coefficient (Wildman–Crippen LogP) is 1.90. The minimum absolute atomic E-state index is 0.0245. The standard InChI is InChI=1S/C14H12N4O3/c1-2-17-14(19)11(6-7-15)9-13(16-17)10-4-3-5-12(8-10)18(20)21/h3-5,8-9H,2,6H2,1H3. The minimum atomic E-state index is -0.491. The van der Waals surface area contributed by atoms with E-state index in [-0.39, 0.29) is 17.7 Å². The van der Waals surface area contributed by atoms with Gasteiger partial charge in [-0.25, -0.2) is 4.68 Å². The zero-order valence-electron chi connectivity index (χ0n) is 11.3. The molecular formula is C14H12N4O3. The van der Waals surface area contributed by atoms with Gasteiger partial charge < -0.3 is 0 Å². The Bertz CT molecular complexity index is 790. The molecule has 1 aromatic carbocycles. The first-order valence-corrected chi connectivity index (χ1v) is 6.29. The molecule has 0 fully saturated rings. The lowest BCUT2D eigenvalue weighted by molar-refractivity contribution is -0.384. The molecule has 0 aliphatic heterocycles. The van der Waals surface area contributed by atoms with E-state index in [0.29, 0.717) is 23.4 Å². The summed E-state index contributed by atoms with van der Waals surface area (Å²) in [5.41, 5.74) is 0.936. The lowest BCUT2D eigenvalue weighted by Crippen LogP contribution is -2.25. The van der Waals surface area contributed by atoms with E-state index >= 15 is 0 Å². The van der Waals surface area contributed by atoms with Crippen LogP contribution < -0.4 is 5.56 Å². The van der Waals surface area contributed by atoms with Crippen molar-refractivity contribution >= 4 is 5.69 Å². The van der Waals surface area contributed by atoms with Crippen LogP contribution in [-0.4, -0.2) is 14.7 Å². The van der Waals surface area contributed by atoms with Crippen LogP contribution in [0.1, 0.15) is 12.5 Å². The summed E-state index contributed by atoms with van der Waals surface area (Å²) in [7, 11) is 0. The SMILES string of the molecule is CCn1nc(-c2cccc([N+](=O)[O-])c2)cc(CC#N)c1=O. The quantitative estimate of drug-likeness (QED) is 0.630. The summed E-state index contributed by atoms with van der Waals surface area (Å²) < 4.78 is 1.25. The third-order valence-corrected chi connectivity index (χ3v) is 2.97. The smallest absolute Gasteiger partial charge is 0.267 e. The van der Waals surface area contributed by atoms with Gasteiger partial charge in [0.2, 0.25) is 0 Å². The van der Waals surface area contributed by atoms with E-state index in [1.54, 1.807) is 19.1 Å². The van der Waals surface area contributed by atoms with Gasteiger partial charge in [0.05, 0.1) is 23.1 Å². The number of hydrogen-bond donors (Lipinski definition) is 0. The normalized spacial score (nSPS) is 10.1. The van der Waals surface area contributed by atoms with Crippen molar-refractivity contribution in [3.63, 3.8) is 0 Å². The van der Waals surface area contributed by atoms with Gasteiger partial charge in [-0.3, -0.25) is 14.9 Å². The Morgan fingerprint density at radius 2 is 2.19 bits per heavy atom. The van der Waals surface area contributed by atoms with E-state index < -0.39 is 4.92 Å². The highest BCUT2D eigenvalue weighted by Gasteiger charge is 2.12. The van der Waals surface area contributed by atoms with Crippen LogP contribution in [0.2, 0.25) is 0 Å². The Labute approximate surface area is 120 Å². The van der Waals surface area contributed by atoms with Crippen molar-refractivity contribution in [3.8, 4) is 17.3 Å². The number of nitrogens with zero attached hydrogens (tertiary/aromatic N) is 4. The predicted molar refractivity (Wildman–Crippen MR) is 75.6 cm³/mol. The van der Waals surface area contributed by atoms with E-state index in [1.807, 2.05) is 6.07 Å². The molecule has 106 valence electrons. The second-order valence-corrected chi connectivity index (χ2v) is 4.32. The molecule has 0 spiro atoms. The molecule has 0 N–H and O–H groups in total. The number of aryl methyl sites for hydroxylation is 1. The second-order valence-electron chi connectivity index (χ2n) is 4.32. The monoisotopic (exact) mass is 284 g/mol. The van der Waals surface area contributed by atoms with Crippen molar-refractivity contribution in [2.45, 2.75) is 19.9 Å². The maximum atomic E-state index is 12.0. The molecule has 0 radical (unpaired) electrons. The Morgan fingerprint density at radius 3 is 2.81 bits per heavy atom. The number of nitro benzene ring substituents is 1. The zero-order valence-corrected chi connectivity index (χ0v) is 11.3. The van der Waals surface area contributed by atoms with Gasteiger partial charge in [-0.15, -0.1) is 0 Å². The number of aromatic nitrogens is 2. The van der Waals surface area contributed by atoms with Gasteiger partial charge in [0.1, 0.15) is 0 Å². The fourth-order valence-electron chi connectivity index (χ4n) is 1.94. The number of non-ortho nitro benzene ring substituents is 1. The lowest BCUT2D eigenvalue weighted by atomic mass is 10.1. The van der Waals surface area contributed by atoms with Gasteiger partial charge in [0, 0.05) is 29.8 Å².